The molecule has 0 fully saturated rings. The van der Waals surface area contributed by atoms with E-state index in [1.54, 1.807) is 6.92 Å². The fourth-order valence-corrected chi connectivity index (χ4v) is 0.761. The molecule has 3 nitrogen and oxygen atoms in total. The van der Waals surface area contributed by atoms with Crippen molar-refractivity contribution < 1.29 is 9.18 Å². The van der Waals surface area contributed by atoms with Crippen molar-refractivity contribution in [3.8, 4) is 0 Å². The average Bonchev–Trinajstić information content (AvgIpc) is 2.06. The highest BCUT2D eigenvalue weighted by Crippen LogP contribution is 1.97. The van der Waals surface area contributed by atoms with Crippen LogP contribution in [0.5, 0.6) is 0 Å². The van der Waals surface area contributed by atoms with Crippen LogP contribution in [0.2, 0.25) is 0 Å². The zero-order chi connectivity index (χ0) is 8.97. The van der Waals surface area contributed by atoms with E-state index in [2.05, 4.69) is 10.3 Å². The van der Waals surface area contributed by atoms with E-state index in [1.165, 1.54) is 12.1 Å². The van der Waals surface area contributed by atoms with Crippen LogP contribution >= 0.6 is 0 Å². The summed E-state index contributed by atoms with van der Waals surface area (Å²) in [6.07, 6.45) is 1.02. The first-order chi connectivity index (χ1) is 5.74. The Hall–Kier alpha value is -1.45. The van der Waals surface area contributed by atoms with Gasteiger partial charge in [0.1, 0.15) is 11.5 Å². The normalized spacial score (nSPS) is 9.50. The molecular formula is C8H9FN2O. The number of amides is 1. The highest BCUT2D eigenvalue weighted by atomic mass is 19.1. The minimum Gasteiger partial charge on any atom is -0.351 e. The van der Waals surface area contributed by atoms with E-state index in [1.807, 2.05) is 0 Å². The number of rotatable bonds is 2. The van der Waals surface area contributed by atoms with Gasteiger partial charge in [-0.2, -0.15) is 0 Å². The van der Waals surface area contributed by atoms with Gasteiger partial charge >= 0.3 is 0 Å². The maximum atomic E-state index is 12.3. The molecular weight excluding hydrogens is 159 g/mol. The lowest BCUT2D eigenvalue weighted by Gasteiger charge is -1.99. The largest absolute Gasteiger partial charge is 0.351 e. The van der Waals surface area contributed by atoms with Crippen LogP contribution in [0, 0.1) is 5.82 Å². The molecule has 0 aliphatic rings. The zero-order valence-electron chi connectivity index (χ0n) is 6.67. The molecule has 1 N–H and O–H groups in total. The molecule has 64 valence electrons. The summed E-state index contributed by atoms with van der Waals surface area (Å²) in [5.74, 6) is -0.722. The topological polar surface area (TPSA) is 42.0 Å². The molecule has 1 heterocycles. The summed E-state index contributed by atoms with van der Waals surface area (Å²) >= 11 is 0. The molecule has 0 spiro atoms. The van der Waals surface area contributed by atoms with Crippen molar-refractivity contribution in [2.75, 3.05) is 6.54 Å². The van der Waals surface area contributed by atoms with Crippen LogP contribution in [0.15, 0.2) is 18.3 Å². The van der Waals surface area contributed by atoms with Gasteiger partial charge in [-0.05, 0) is 19.1 Å². The molecule has 1 aromatic rings. The van der Waals surface area contributed by atoms with Crippen LogP contribution in [0.3, 0.4) is 0 Å². The summed E-state index contributed by atoms with van der Waals surface area (Å²) in [5.41, 5.74) is 0.234. The van der Waals surface area contributed by atoms with E-state index in [9.17, 15) is 9.18 Å². The number of nitrogens with one attached hydrogen (secondary N) is 1. The van der Waals surface area contributed by atoms with Crippen LogP contribution in [-0.4, -0.2) is 17.4 Å². The summed E-state index contributed by atoms with van der Waals surface area (Å²) in [4.78, 5) is 14.7. The lowest BCUT2D eigenvalue weighted by Crippen LogP contribution is -2.23. The number of aromatic nitrogens is 1. The minimum atomic E-state index is -0.442. The van der Waals surface area contributed by atoms with E-state index < -0.39 is 5.82 Å². The van der Waals surface area contributed by atoms with Crippen LogP contribution in [-0.2, 0) is 0 Å². The van der Waals surface area contributed by atoms with Crippen LogP contribution in [0.4, 0.5) is 4.39 Å². The van der Waals surface area contributed by atoms with E-state index in [0.29, 0.717) is 6.54 Å². The number of hydrogen-bond donors (Lipinski definition) is 1. The van der Waals surface area contributed by atoms with Crippen LogP contribution in [0.25, 0.3) is 0 Å². The van der Waals surface area contributed by atoms with E-state index >= 15 is 0 Å². The van der Waals surface area contributed by atoms with Gasteiger partial charge in [0.25, 0.3) is 5.91 Å². The second-order valence-electron chi connectivity index (χ2n) is 2.22. The average molecular weight is 168 g/mol. The number of halogens is 1. The fraction of sp³-hybridized carbons (Fsp3) is 0.250. The summed E-state index contributed by atoms with van der Waals surface area (Å²) < 4.78 is 12.3. The predicted octanol–water partition coefficient (Wildman–Crippen LogP) is 0.970. The summed E-state index contributed by atoms with van der Waals surface area (Å²) in [7, 11) is 0. The summed E-state index contributed by atoms with van der Waals surface area (Å²) in [6.45, 7) is 2.35. The third-order valence-electron chi connectivity index (χ3n) is 1.30. The standard InChI is InChI=1S/C8H9FN2O/c1-2-10-8(12)7-4-3-6(9)5-11-7/h3-5H,2H2,1H3,(H,10,12). The Labute approximate surface area is 69.6 Å². The van der Waals surface area contributed by atoms with Crippen molar-refractivity contribution in [1.82, 2.24) is 10.3 Å². The van der Waals surface area contributed by atoms with Gasteiger partial charge in [0, 0.05) is 6.54 Å². The molecule has 0 radical (unpaired) electrons. The molecule has 0 bridgehead atoms. The first-order valence-electron chi connectivity index (χ1n) is 3.63. The molecule has 0 unspecified atom stereocenters. The molecule has 12 heavy (non-hydrogen) atoms. The molecule has 0 aliphatic carbocycles. The van der Waals surface area contributed by atoms with Crippen molar-refractivity contribution in [3.05, 3.63) is 29.8 Å². The van der Waals surface area contributed by atoms with Crippen LogP contribution < -0.4 is 5.32 Å². The van der Waals surface area contributed by atoms with Gasteiger partial charge in [-0.3, -0.25) is 4.79 Å². The summed E-state index contributed by atoms with van der Waals surface area (Å²) in [5, 5.41) is 2.56. The highest BCUT2D eigenvalue weighted by Gasteiger charge is 2.04. The van der Waals surface area contributed by atoms with E-state index in [4.69, 9.17) is 0 Å². The van der Waals surface area contributed by atoms with Gasteiger partial charge < -0.3 is 5.32 Å². The fourth-order valence-electron chi connectivity index (χ4n) is 0.761. The Morgan fingerprint density at radius 3 is 2.92 bits per heavy atom. The molecule has 1 aromatic heterocycles. The van der Waals surface area contributed by atoms with Gasteiger partial charge in [0.05, 0.1) is 6.20 Å². The molecule has 1 rings (SSSR count). The number of hydrogen-bond acceptors (Lipinski definition) is 2. The monoisotopic (exact) mass is 168 g/mol. The van der Waals surface area contributed by atoms with Gasteiger partial charge in [-0.25, -0.2) is 9.37 Å². The zero-order valence-corrected chi connectivity index (χ0v) is 6.67. The van der Waals surface area contributed by atoms with Crippen molar-refractivity contribution in [2.45, 2.75) is 6.92 Å². The third kappa shape index (κ3) is 2.02. The van der Waals surface area contributed by atoms with E-state index in [0.717, 1.165) is 6.20 Å². The smallest absolute Gasteiger partial charge is 0.269 e. The van der Waals surface area contributed by atoms with Crippen molar-refractivity contribution in [1.29, 1.82) is 0 Å². The molecule has 0 aromatic carbocycles. The van der Waals surface area contributed by atoms with Crippen molar-refractivity contribution in [3.63, 3.8) is 0 Å². The molecule has 4 heteroatoms. The molecule has 1 amide bonds. The molecule has 0 saturated heterocycles. The van der Waals surface area contributed by atoms with Crippen molar-refractivity contribution in [2.24, 2.45) is 0 Å². The maximum absolute atomic E-state index is 12.3. The maximum Gasteiger partial charge on any atom is 0.269 e. The molecule has 0 aliphatic heterocycles. The van der Waals surface area contributed by atoms with Crippen molar-refractivity contribution >= 4 is 5.91 Å². The third-order valence-corrected chi connectivity index (χ3v) is 1.30. The van der Waals surface area contributed by atoms with Gasteiger partial charge in [0.15, 0.2) is 0 Å². The second kappa shape index (κ2) is 3.80. The Kier molecular flexibility index (Phi) is 2.74. The first kappa shape index (κ1) is 8.64. The lowest BCUT2D eigenvalue weighted by molar-refractivity contribution is 0.0951. The van der Waals surface area contributed by atoms with Gasteiger partial charge in [-0.15, -0.1) is 0 Å². The SMILES string of the molecule is CCNC(=O)c1ccc(F)cn1. The number of carbonyl (C=O) groups excluding carboxylic acids is 1. The second-order valence-corrected chi connectivity index (χ2v) is 2.22. The van der Waals surface area contributed by atoms with Crippen LogP contribution in [0.1, 0.15) is 17.4 Å². The predicted molar refractivity (Wildman–Crippen MR) is 42.2 cm³/mol. The summed E-state index contributed by atoms with van der Waals surface area (Å²) in [6, 6.07) is 2.55. The molecule has 0 saturated carbocycles. The minimum absolute atomic E-state index is 0.234. The van der Waals surface area contributed by atoms with Gasteiger partial charge in [0.2, 0.25) is 0 Å². The Bertz CT molecular complexity index is 271. The Balaban J connectivity index is 2.75. The highest BCUT2D eigenvalue weighted by molar-refractivity contribution is 5.92. The lowest BCUT2D eigenvalue weighted by atomic mass is 10.3. The number of nitrogens with zero attached hydrogens (tertiary/aromatic N) is 1. The van der Waals surface area contributed by atoms with E-state index in [-0.39, 0.29) is 11.6 Å². The quantitative estimate of drug-likeness (QED) is 0.714. The molecule has 0 atom stereocenters. The Morgan fingerprint density at radius 2 is 2.42 bits per heavy atom. The Morgan fingerprint density at radius 1 is 1.67 bits per heavy atom. The number of carbonyl (C=O) groups is 1. The number of pyridine rings is 1. The first-order valence-corrected chi connectivity index (χ1v) is 3.63. The van der Waals surface area contributed by atoms with Gasteiger partial charge in [-0.1, -0.05) is 0 Å².